The second kappa shape index (κ2) is 10.2. The Balaban J connectivity index is 1.55. The molecule has 2 heterocycles. The van der Waals surface area contributed by atoms with Gasteiger partial charge in [-0.25, -0.2) is 13.4 Å². The number of hydrogen-bond acceptors (Lipinski definition) is 6. The zero-order valence-electron chi connectivity index (χ0n) is 18.9. The van der Waals surface area contributed by atoms with Gasteiger partial charge in [0.05, 0.1) is 27.4 Å². The van der Waals surface area contributed by atoms with Gasteiger partial charge in [0.1, 0.15) is 0 Å². The SMILES string of the molecule is Cc1ccc(S(=O)(=O)CCCC(=O)N(Cc2ccncc2)c2nc3c(C)cc(Cl)cc3s2)cc1. The molecule has 0 spiro atoms. The highest BCUT2D eigenvalue weighted by Gasteiger charge is 2.22. The van der Waals surface area contributed by atoms with E-state index < -0.39 is 9.84 Å². The molecule has 34 heavy (non-hydrogen) atoms. The van der Waals surface area contributed by atoms with Gasteiger partial charge >= 0.3 is 0 Å². The maximum Gasteiger partial charge on any atom is 0.229 e. The molecule has 4 aromatic rings. The van der Waals surface area contributed by atoms with Crippen molar-refractivity contribution in [3.63, 3.8) is 0 Å². The van der Waals surface area contributed by atoms with Crippen molar-refractivity contribution in [3.8, 4) is 0 Å². The average Bonchev–Trinajstić information content (AvgIpc) is 3.22. The van der Waals surface area contributed by atoms with Gasteiger partial charge < -0.3 is 0 Å². The minimum Gasteiger partial charge on any atom is -0.284 e. The third-order valence-electron chi connectivity index (χ3n) is 5.44. The van der Waals surface area contributed by atoms with E-state index in [1.165, 1.54) is 11.3 Å². The summed E-state index contributed by atoms with van der Waals surface area (Å²) < 4.78 is 26.3. The number of carbonyl (C=O) groups is 1. The van der Waals surface area contributed by atoms with Gasteiger partial charge in [-0.1, -0.05) is 40.6 Å². The fourth-order valence-corrected chi connectivity index (χ4v) is 6.35. The van der Waals surface area contributed by atoms with Gasteiger partial charge in [-0.15, -0.1) is 0 Å². The summed E-state index contributed by atoms with van der Waals surface area (Å²) in [6, 6.07) is 14.1. The van der Waals surface area contributed by atoms with E-state index in [-0.39, 0.29) is 29.4 Å². The summed E-state index contributed by atoms with van der Waals surface area (Å²) in [4.78, 5) is 23.9. The van der Waals surface area contributed by atoms with Crippen molar-refractivity contribution in [3.05, 3.63) is 82.6 Å². The van der Waals surface area contributed by atoms with E-state index in [4.69, 9.17) is 16.6 Å². The van der Waals surface area contributed by atoms with Crippen LogP contribution in [0.3, 0.4) is 0 Å². The Morgan fingerprint density at radius 2 is 1.76 bits per heavy atom. The summed E-state index contributed by atoms with van der Waals surface area (Å²) in [7, 11) is -3.46. The minimum atomic E-state index is -3.46. The van der Waals surface area contributed by atoms with Crippen LogP contribution >= 0.6 is 22.9 Å². The minimum absolute atomic E-state index is 0.0891. The summed E-state index contributed by atoms with van der Waals surface area (Å²) in [6.07, 6.45) is 3.66. The average molecular weight is 514 g/mol. The predicted octanol–water partition coefficient (Wildman–Crippen LogP) is 5.75. The quantitative estimate of drug-likeness (QED) is 0.300. The highest BCUT2D eigenvalue weighted by atomic mass is 35.5. The lowest BCUT2D eigenvalue weighted by Gasteiger charge is -2.20. The molecule has 0 saturated heterocycles. The van der Waals surface area contributed by atoms with Crippen molar-refractivity contribution in [1.82, 2.24) is 9.97 Å². The molecule has 0 aliphatic rings. The molecular formula is C25H24ClN3O3S2. The van der Waals surface area contributed by atoms with Crippen molar-refractivity contribution in [2.24, 2.45) is 0 Å². The number of thiazole rings is 1. The number of nitrogens with zero attached hydrogens (tertiary/aromatic N) is 3. The third kappa shape index (κ3) is 5.63. The molecule has 0 saturated carbocycles. The van der Waals surface area contributed by atoms with E-state index >= 15 is 0 Å². The summed E-state index contributed by atoms with van der Waals surface area (Å²) in [6.45, 7) is 4.16. The first kappa shape index (κ1) is 24.3. The van der Waals surface area contributed by atoms with Crippen LogP contribution < -0.4 is 4.90 Å². The van der Waals surface area contributed by atoms with Crippen molar-refractivity contribution in [1.29, 1.82) is 0 Å². The maximum atomic E-state index is 13.3. The highest BCUT2D eigenvalue weighted by Crippen LogP contribution is 2.34. The smallest absolute Gasteiger partial charge is 0.229 e. The second-order valence-corrected chi connectivity index (χ2v) is 11.7. The maximum absolute atomic E-state index is 13.3. The number of hydrogen-bond donors (Lipinski definition) is 0. The summed E-state index contributed by atoms with van der Waals surface area (Å²) in [5, 5.41) is 1.18. The van der Waals surface area contributed by atoms with Crippen LogP contribution in [0.15, 0.2) is 65.8 Å². The van der Waals surface area contributed by atoms with E-state index in [1.807, 2.05) is 38.1 Å². The molecule has 2 aromatic heterocycles. The number of aryl methyl sites for hydroxylation is 2. The Labute approximate surface area is 208 Å². The highest BCUT2D eigenvalue weighted by molar-refractivity contribution is 7.91. The summed E-state index contributed by atoms with van der Waals surface area (Å²) >= 11 is 7.60. The number of rotatable bonds is 8. The van der Waals surface area contributed by atoms with Crippen molar-refractivity contribution in [2.75, 3.05) is 10.7 Å². The zero-order chi connectivity index (χ0) is 24.3. The van der Waals surface area contributed by atoms with Gasteiger partial charge in [0, 0.05) is 23.8 Å². The van der Waals surface area contributed by atoms with E-state index in [2.05, 4.69) is 4.98 Å². The number of amides is 1. The van der Waals surface area contributed by atoms with Gasteiger partial charge in [-0.05, 0) is 67.8 Å². The molecular weight excluding hydrogens is 490 g/mol. The van der Waals surface area contributed by atoms with E-state index in [0.29, 0.717) is 16.7 Å². The number of aromatic nitrogens is 2. The largest absolute Gasteiger partial charge is 0.284 e. The van der Waals surface area contributed by atoms with Gasteiger partial charge in [-0.2, -0.15) is 0 Å². The number of anilines is 1. The number of halogens is 1. The Morgan fingerprint density at radius 1 is 1.06 bits per heavy atom. The van der Waals surface area contributed by atoms with Gasteiger partial charge in [0.2, 0.25) is 5.91 Å². The Bertz CT molecular complexity index is 1420. The fourth-order valence-electron chi connectivity index (χ4n) is 3.60. The normalized spacial score (nSPS) is 11.6. The van der Waals surface area contributed by atoms with Gasteiger partial charge in [-0.3, -0.25) is 14.7 Å². The molecule has 0 aliphatic heterocycles. The zero-order valence-corrected chi connectivity index (χ0v) is 21.3. The van der Waals surface area contributed by atoms with Crippen molar-refractivity contribution in [2.45, 2.75) is 38.1 Å². The summed E-state index contributed by atoms with van der Waals surface area (Å²) in [5.41, 5.74) is 3.64. The Morgan fingerprint density at radius 3 is 2.47 bits per heavy atom. The lowest BCUT2D eigenvalue weighted by atomic mass is 10.2. The number of pyridine rings is 1. The lowest BCUT2D eigenvalue weighted by Crippen LogP contribution is -2.30. The lowest BCUT2D eigenvalue weighted by molar-refractivity contribution is -0.118. The first-order chi connectivity index (χ1) is 16.2. The number of sulfone groups is 1. The first-order valence-electron chi connectivity index (χ1n) is 10.8. The van der Waals surface area contributed by atoms with Crippen LogP contribution in [0.4, 0.5) is 5.13 Å². The molecule has 0 fully saturated rings. The Hall–Kier alpha value is -2.81. The van der Waals surface area contributed by atoms with Crippen molar-refractivity contribution >= 4 is 54.0 Å². The third-order valence-corrected chi connectivity index (χ3v) is 8.50. The number of fused-ring (bicyclic) bond motifs is 1. The van der Waals surface area contributed by atoms with Crippen LogP contribution in [0, 0.1) is 13.8 Å². The van der Waals surface area contributed by atoms with Crippen LogP contribution in [-0.2, 0) is 21.2 Å². The second-order valence-electron chi connectivity index (χ2n) is 8.14. The monoisotopic (exact) mass is 513 g/mol. The first-order valence-corrected chi connectivity index (χ1v) is 13.6. The van der Waals surface area contributed by atoms with Crippen LogP contribution in [0.5, 0.6) is 0 Å². The van der Waals surface area contributed by atoms with Crippen LogP contribution in [0.1, 0.15) is 29.5 Å². The predicted molar refractivity (Wildman–Crippen MR) is 137 cm³/mol. The van der Waals surface area contributed by atoms with Crippen molar-refractivity contribution < 1.29 is 13.2 Å². The molecule has 9 heteroatoms. The number of benzene rings is 2. The van der Waals surface area contributed by atoms with Gasteiger partial charge in [0.25, 0.3) is 0 Å². The molecule has 0 aliphatic carbocycles. The molecule has 0 bridgehead atoms. The molecule has 176 valence electrons. The standard InChI is InChI=1S/C25H24ClN3O3S2/c1-17-5-7-21(8-6-17)34(31,32)13-3-4-23(30)29(16-19-9-11-27-12-10-19)25-28-24-18(2)14-20(26)15-22(24)33-25/h5-12,14-15H,3-4,13,16H2,1-2H3. The topological polar surface area (TPSA) is 80.2 Å². The summed E-state index contributed by atoms with van der Waals surface area (Å²) in [5.74, 6) is -0.279. The molecule has 6 nitrogen and oxygen atoms in total. The molecule has 4 rings (SSSR count). The Kier molecular flexibility index (Phi) is 7.30. The molecule has 0 unspecified atom stereocenters. The molecule has 1 amide bonds. The van der Waals surface area contributed by atoms with E-state index in [9.17, 15) is 13.2 Å². The molecule has 0 atom stereocenters. The van der Waals surface area contributed by atoms with Gasteiger partial charge in [0.15, 0.2) is 15.0 Å². The molecule has 0 N–H and O–H groups in total. The number of carbonyl (C=O) groups excluding carboxylic acids is 1. The van der Waals surface area contributed by atoms with E-state index in [0.717, 1.165) is 26.9 Å². The molecule has 0 radical (unpaired) electrons. The fraction of sp³-hybridized carbons (Fsp3) is 0.240. The van der Waals surface area contributed by atoms with Crippen LogP contribution in [0.2, 0.25) is 5.02 Å². The van der Waals surface area contributed by atoms with Crippen LogP contribution in [-0.4, -0.2) is 30.0 Å². The van der Waals surface area contributed by atoms with Crippen LogP contribution in [0.25, 0.3) is 10.2 Å². The molecule has 2 aromatic carbocycles. The van der Waals surface area contributed by atoms with E-state index in [1.54, 1.807) is 41.6 Å².